The molecule has 0 spiro atoms. The molecule has 0 aromatic carbocycles. The van der Waals surface area contributed by atoms with Gasteiger partial charge in [0.15, 0.2) is 0 Å². The Hall–Kier alpha value is -1.88. The van der Waals surface area contributed by atoms with E-state index in [4.69, 9.17) is 5.11 Å². The third-order valence-electron chi connectivity index (χ3n) is 2.70. The maximum absolute atomic E-state index is 11.1. The van der Waals surface area contributed by atoms with Gasteiger partial charge in [-0.25, -0.2) is 4.98 Å². The first kappa shape index (κ1) is 11.6. The van der Waals surface area contributed by atoms with Crippen molar-refractivity contribution < 1.29 is 9.90 Å². The molecule has 1 aliphatic carbocycles. The Kier molecular flexibility index (Phi) is 3.72. The van der Waals surface area contributed by atoms with Crippen molar-refractivity contribution in [2.24, 2.45) is 5.92 Å². The highest BCUT2D eigenvalue weighted by Gasteiger charge is 2.19. The molecular weight excluding hydrogens is 218 g/mol. The average molecular weight is 233 g/mol. The molecule has 5 heteroatoms. The van der Waals surface area contributed by atoms with Crippen LogP contribution in [0.15, 0.2) is 36.8 Å². The van der Waals surface area contributed by atoms with Gasteiger partial charge in [-0.15, -0.1) is 0 Å². The predicted octanol–water partition coefficient (Wildman–Crippen LogP) is 0.737. The number of carboxylic acid groups (broad SMARTS) is 1. The summed E-state index contributed by atoms with van der Waals surface area (Å²) in [7, 11) is 0. The number of aliphatic carboxylic acids is 1. The first-order valence-electron chi connectivity index (χ1n) is 5.54. The maximum Gasteiger partial charge on any atom is 0.321 e. The average Bonchev–Trinajstić information content (AvgIpc) is 2.97. The van der Waals surface area contributed by atoms with Crippen molar-refractivity contribution in [2.75, 3.05) is 6.54 Å². The molecule has 0 amide bonds. The first-order valence-corrected chi connectivity index (χ1v) is 5.54. The van der Waals surface area contributed by atoms with Crippen LogP contribution in [0.3, 0.4) is 0 Å². The summed E-state index contributed by atoms with van der Waals surface area (Å²) in [6.45, 7) is 0.637. The monoisotopic (exact) mass is 233 g/mol. The van der Waals surface area contributed by atoms with E-state index >= 15 is 0 Å². The van der Waals surface area contributed by atoms with Gasteiger partial charge in [0.25, 0.3) is 0 Å². The molecule has 1 aromatic heterocycles. The van der Waals surface area contributed by atoms with Crippen molar-refractivity contribution in [3.8, 4) is 0 Å². The van der Waals surface area contributed by atoms with E-state index in [1.807, 2.05) is 24.3 Å². The van der Waals surface area contributed by atoms with Gasteiger partial charge in [0, 0.05) is 30.8 Å². The molecule has 0 aliphatic heterocycles. The number of nitrogens with zero attached hydrogens (tertiary/aromatic N) is 1. The van der Waals surface area contributed by atoms with Gasteiger partial charge in [-0.1, -0.05) is 24.3 Å². The van der Waals surface area contributed by atoms with Crippen LogP contribution in [0.5, 0.6) is 0 Å². The SMILES string of the molecule is O=C(O)[C@H](Cc1cnc[nH]1)NCC1C=CC=C1. The molecule has 1 heterocycles. The third-order valence-corrected chi connectivity index (χ3v) is 2.70. The minimum absolute atomic E-state index is 0.290. The highest BCUT2D eigenvalue weighted by atomic mass is 16.4. The molecule has 0 unspecified atom stereocenters. The number of aromatic amines is 1. The summed E-state index contributed by atoms with van der Waals surface area (Å²) in [5, 5.41) is 12.2. The van der Waals surface area contributed by atoms with E-state index in [2.05, 4.69) is 15.3 Å². The van der Waals surface area contributed by atoms with E-state index in [0.29, 0.717) is 18.9 Å². The highest BCUT2D eigenvalue weighted by Crippen LogP contribution is 2.08. The molecule has 2 rings (SSSR count). The lowest BCUT2D eigenvalue weighted by molar-refractivity contribution is -0.139. The van der Waals surface area contributed by atoms with Crippen molar-refractivity contribution in [1.82, 2.24) is 15.3 Å². The molecule has 17 heavy (non-hydrogen) atoms. The van der Waals surface area contributed by atoms with E-state index in [1.165, 1.54) is 0 Å². The number of aromatic nitrogens is 2. The number of imidazole rings is 1. The molecule has 0 saturated carbocycles. The normalized spacial score (nSPS) is 16.5. The number of hydrogen-bond donors (Lipinski definition) is 3. The minimum atomic E-state index is -0.842. The highest BCUT2D eigenvalue weighted by molar-refractivity contribution is 5.73. The van der Waals surface area contributed by atoms with Crippen molar-refractivity contribution in [3.63, 3.8) is 0 Å². The fraction of sp³-hybridized carbons (Fsp3) is 0.333. The fourth-order valence-electron chi connectivity index (χ4n) is 1.76. The second-order valence-corrected chi connectivity index (χ2v) is 4.01. The number of allylic oxidation sites excluding steroid dienone is 2. The zero-order valence-electron chi connectivity index (χ0n) is 9.34. The van der Waals surface area contributed by atoms with E-state index in [1.54, 1.807) is 12.5 Å². The second-order valence-electron chi connectivity index (χ2n) is 4.01. The summed E-state index contributed by atoms with van der Waals surface area (Å²) < 4.78 is 0. The molecule has 0 bridgehead atoms. The summed E-state index contributed by atoms with van der Waals surface area (Å²) in [6, 6.07) is -0.585. The van der Waals surface area contributed by atoms with Crippen LogP contribution in [0.25, 0.3) is 0 Å². The van der Waals surface area contributed by atoms with Gasteiger partial charge in [0.2, 0.25) is 0 Å². The van der Waals surface area contributed by atoms with E-state index in [0.717, 1.165) is 5.69 Å². The number of carboxylic acids is 1. The number of nitrogens with one attached hydrogen (secondary N) is 2. The van der Waals surface area contributed by atoms with Gasteiger partial charge in [-0.3, -0.25) is 4.79 Å². The van der Waals surface area contributed by atoms with Crippen molar-refractivity contribution in [2.45, 2.75) is 12.5 Å². The second kappa shape index (κ2) is 5.45. The Bertz CT molecular complexity index is 411. The maximum atomic E-state index is 11.1. The van der Waals surface area contributed by atoms with Crippen LogP contribution in [-0.4, -0.2) is 33.6 Å². The summed E-state index contributed by atoms with van der Waals surface area (Å²) in [5.41, 5.74) is 0.822. The van der Waals surface area contributed by atoms with Gasteiger partial charge in [-0.2, -0.15) is 0 Å². The van der Waals surface area contributed by atoms with Crippen LogP contribution in [0.2, 0.25) is 0 Å². The van der Waals surface area contributed by atoms with Crippen molar-refractivity contribution >= 4 is 5.97 Å². The van der Waals surface area contributed by atoms with Crippen LogP contribution in [0.4, 0.5) is 0 Å². The summed E-state index contributed by atoms with van der Waals surface area (Å²) in [6.07, 6.45) is 11.6. The van der Waals surface area contributed by atoms with Crippen LogP contribution >= 0.6 is 0 Å². The topological polar surface area (TPSA) is 78.0 Å². The number of hydrogen-bond acceptors (Lipinski definition) is 3. The lowest BCUT2D eigenvalue weighted by Crippen LogP contribution is -2.40. The molecule has 0 saturated heterocycles. The standard InChI is InChI=1S/C12H15N3O2/c16-12(17)11(5-10-7-13-8-15-10)14-6-9-3-1-2-4-9/h1-4,7-9,11,14H,5-6H2,(H,13,15)(H,16,17)/t11-/m0/s1. The Morgan fingerprint density at radius 2 is 2.29 bits per heavy atom. The zero-order chi connectivity index (χ0) is 12.1. The Labute approximate surface area is 99.3 Å². The van der Waals surface area contributed by atoms with Crippen LogP contribution in [0.1, 0.15) is 5.69 Å². The third kappa shape index (κ3) is 3.29. The lowest BCUT2D eigenvalue weighted by atomic mass is 10.1. The smallest absolute Gasteiger partial charge is 0.321 e. The van der Waals surface area contributed by atoms with Crippen molar-refractivity contribution in [1.29, 1.82) is 0 Å². The van der Waals surface area contributed by atoms with Gasteiger partial charge >= 0.3 is 5.97 Å². The molecule has 90 valence electrons. The molecule has 1 aliphatic rings. The van der Waals surface area contributed by atoms with Crippen LogP contribution in [0, 0.1) is 5.92 Å². The van der Waals surface area contributed by atoms with Crippen LogP contribution in [-0.2, 0) is 11.2 Å². The molecule has 1 aromatic rings. The minimum Gasteiger partial charge on any atom is -0.480 e. The molecule has 1 atom stereocenters. The Balaban J connectivity index is 1.86. The van der Waals surface area contributed by atoms with Gasteiger partial charge in [0.1, 0.15) is 6.04 Å². The quantitative estimate of drug-likeness (QED) is 0.677. The number of rotatable bonds is 6. The first-order chi connectivity index (χ1) is 8.25. The predicted molar refractivity (Wildman–Crippen MR) is 63.5 cm³/mol. The molecular formula is C12H15N3O2. The van der Waals surface area contributed by atoms with Crippen molar-refractivity contribution in [3.05, 3.63) is 42.5 Å². The largest absolute Gasteiger partial charge is 0.480 e. The van der Waals surface area contributed by atoms with Gasteiger partial charge in [-0.05, 0) is 0 Å². The van der Waals surface area contributed by atoms with E-state index in [-0.39, 0.29) is 0 Å². The molecule has 3 N–H and O–H groups in total. The number of carbonyl (C=O) groups is 1. The fourth-order valence-corrected chi connectivity index (χ4v) is 1.76. The Morgan fingerprint density at radius 1 is 1.53 bits per heavy atom. The lowest BCUT2D eigenvalue weighted by Gasteiger charge is -2.15. The summed E-state index contributed by atoms with van der Waals surface area (Å²) in [5.74, 6) is -0.552. The summed E-state index contributed by atoms with van der Waals surface area (Å²) >= 11 is 0. The number of H-pyrrole nitrogens is 1. The van der Waals surface area contributed by atoms with Gasteiger partial charge in [0.05, 0.1) is 6.33 Å². The van der Waals surface area contributed by atoms with E-state index < -0.39 is 12.0 Å². The Morgan fingerprint density at radius 3 is 2.88 bits per heavy atom. The zero-order valence-corrected chi connectivity index (χ0v) is 9.34. The molecule has 0 radical (unpaired) electrons. The van der Waals surface area contributed by atoms with Crippen LogP contribution < -0.4 is 5.32 Å². The molecule has 0 fully saturated rings. The summed E-state index contributed by atoms with van der Waals surface area (Å²) in [4.78, 5) is 17.9. The van der Waals surface area contributed by atoms with Gasteiger partial charge < -0.3 is 15.4 Å². The van der Waals surface area contributed by atoms with E-state index in [9.17, 15) is 4.79 Å². The molecule has 5 nitrogen and oxygen atoms in total.